The molecular formula is C9H17NO. The summed E-state index contributed by atoms with van der Waals surface area (Å²) in [6.07, 6.45) is 5.14. The predicted molar refractivity (Wildman–Crippen MR) is 45.6 cm³/mol. The molecule has 0 aromatic carbocycles. The van der Waals surface area contributed by atoms with Crippen LogP contribution < -0.4 is 5.32 Å². The van der Waals surface area contributed by atoms with Crippen molar-refractivity contribution in [1.29, 1.82) is 0 Å². The molecule has 1 saturated heterocycles. The highest BCUT2D eigenvalue weighted by Gasteiger charge is 2.17. The van der Waals surface area contributed by atoms with Crippen LogP contribution in [0.2, 0.25) is 0 Å². The fraction of sp³-hybridized carbons (Fsp3) is 0.889. The van der Waals surface area contributed by atoms with Crippen molar-refractivity contribution in [2.24, 2.45) is 0 Å². The van der Waals surface area contributed by atoms with Crippen molar-refractivity contribution in [3.8, 4) is 0 Å². The van der Waals surface area contributed by atoms with Gasteiger partial charge in [0.1, 0.15) is 5.78 Å². The highest BCUT2D eigenvalue weighted by Crippen LogP contribution is 2.09. The molecule has 0 radical (unpaired) electrons. The molecule has 1 N–H and O–H groups in total. The number of carbonyl (C=O) groups is 1. The quantitative estimate of drug-likeness (QED) is 0.669. The summed E-state index contributed by atoms with van der Waals surface area (Å²) < 4.78 is 0. The van der Waals surface area contributed by atoms with Gasteiger partial charge in [-0.1, -0.05) is 19.8 Å². The second-order valence-corrected chi connectivity index (χ2v) is 3.29. The van der Waals surface area contributed by atoms with Crippen molar-refractivity contribution in [2.45, 2.75) is 45.1 Å². The van der Waals surface area contributed by atoms with Crippen LogP contribution in [0.5, 0.6) is 0 Å². The van der Waals surface area contributed by atoms with Gasteiger partial charge in [-0.2, -0.15) is 0 Å². The Morgan fingerprint density at radius 3 is 3.09 bits per heavy atom. The lowest BCUT2D eigenvalue weighted by molar-refractivity contribution is -0.120. The molecule has 0 bridgehead atoms. The number of unbranched alkanes of at least 4 members (excludes halogenated alkanes) is 1. The highest BCUT2D eigenvalue weighted by molar-refractivity contribution is 5.79. The average Bonchev–Trinajstić information content (AvgIpc) is 2.01. The van der Waals surface area contributed by atoms with Crippen molar-refractivity contribution < 1.29 is 4.79 Å². The van der Waals surface area contributed by atoms with Crippen molar-refractivity contribution in [2.75, 3.05) is 6.54 Å². The van der Waals surface area contributed by atoms with Crippen molar-refractivity contribution in [1.82, 2.24) is 5.32 Å². The molecule has 1 rings (SSSR count). The molecule has 0 aromatic heterocycles. The van der Waals surface area contributed by atoms with Crippen molar-refractivity contribution in [3.63, 3.8) is 0 Å². The van der Waals surface area contributed by atoms with Crippen LogP contribution in [0.3, 0.4) is 0 Å². The standard InChI is InChI=1S/C9H17NO/c1-2-3-4-8-7-9(11)5-6-10-8/h8,10H,2-7H2,1H3. The molecule has 2 heteroatoms. The molecule has 1 atom stereocenters. The molecule has 1 fully saturated rings. The lowest BCUT2D eigenvalue weighted by Gasteiger charge is -2.22. The van der Waals surface area contributed by atoms with E-state index in [9.17, 15) is 4.79 Å². The molecular weight excluding hydrogens is 138 g/mol. The molecule has 0 spiro atoms. The number of carbonyl (C=O) groups excluding carboxylic acids is 1. The topological polar surface area (TPSA) is 29.1 Å². The maximum absolute atomic E-state index is 11.0. The first-order valence-electron chi connectivity index (χ1n) is 4.58. The summed E-state index contributed by atoms with van der Waals surface area (Å²) in [5, 5.41) is 3.36. The second kappa shape index (κ2) is 4.50. The third kappa shape index (κ3) is 3.02. The van der Waals surface area contributed by atoms with E-state index in [1.165, 1.54) is 19.3 Å². The molecule has 0 saturated carbocycles. The molecule has 1 aliphatic rings. The number of hydrogen-bond donors (Lipinski definition) is 1. The van der Waals surface area contributed by atoms with Gasteiger partial charge in [0.25, 0.3) is 0 Å². The summed E-state index contributed by atoms with van der Waals surface area (Å²) in [4.78, 5) is 11.0. The minimum Gasteiger partial charge on any atom is -0.313 e. The Kier molecular flexibility index (Phi) is 3.57. The summed E-state index contributed by atoms with van der Waals surface area (Å²) in [5.41, 5.74) is 0. The third-order valence-electron chi connectivity index (χ3n) is 2.22. The maximum Gasteiger partial charge on any atom is 0.135 e. The summed E-state index contributed by atoms with van der Waals surface area (Å²) in [6.45, 7) is 3.08. The van der Waals surface area contributed by atoms with Crippen molar-refractivity contribution in [3.05, 3.63) is 0 Å². The van der Waals surface area contributed by atoms with Gasteiger partial charge in [0, 0.05) is 25.4 Å². The first kappa shape index (κ1) is 8.72. The van der Waals surface area contributed by atoms with E-state index < -0.39 is 0 Å². The average molecular weight is 155 g/mol. The van der Waals surface area contributed by atoms with Crippen LogP contribution in [0.15, 0.2) is 0 Å². The Labute approximate surface area is 68.4 Å². The van der Waals surface area contributed by atoms with Crippen LogP contribution in [-0.4, -0.2) is 18.4 Å². The van der Waals surface area contributed by atoms with E-state index in [0.29, 0.717) is 11.8 Å². The zero-order valence-electron chi connectivity index (χ0n) is 7.23. The Hall–Kier alpha value is -0.370. The number of hydrogen-bond acceptors (Lipinski definition) is 2. The van der Waals surface area contributed by atoms with Crippen LogP contribution >= 0.6 is 0 Å². The second-order valence-electron chi connectivity index (χ2n) is 3.29. The number of piperidine rings is 1. The Bertz CT molecular complexity index is 134. The fourth-order valence-electron chi connectivity index (χ4n) is 1.52. The summed E-state index contributed by atoms with van der Waals surface area (Å²) in [6, 6.07) is 0.483. The number of nitrogens with one attached hydrogen (secondary N) is 1. The van der Waals surface area contributed by atoms with E-state index in [0.717, 1.165) is 19.4 Å². The first-order chi connectivity index (χ1) is 5.33. The number of rotatable bonds is 3. The van der Waals surface area contributed by atoms with Gasteiger partial charge < -0.3 is 5.32 Å². The Morgan fingerprint density at radius 2 is 2.45 bits per heavy atom. The first-order valence-corrected chi connectivity index (χ1v) is 4.58. The van der Waals surface area contributed by atoms with Gasteiger partial charge in [-0.3, -0.25) is 4.79 Å². The van der Waals surface area contributed by atoms with E-state index in [-0.39, 0.29) is 0 Å². The SMILES string of the molecule is CCCCC1CC(=O)CCN1. The van der Waals surface area contributed by atoms with Crippen LogP contribution in [0.4, 0.5) is 0 Å². The van der Waals surface area contributed by atoms with Crippen LogP contribution in [0, 0.1) is 0 Å². The largest absolute Gasteiger partial charge is 0.313 e. The van der Waals surface area contributed by atoms with Crippen molar-refractivity contribution >= 4 is 5.78 Å². The van der Waals surface area contributed by atoms with Gasteiger partial charge in [-0.25, -0.2) is 0 Å². The van der Waals surface area contributed by atoms with E-state index in [4.69, 9.17) is 0 Å². The van der Waals surface area contributed by atoms with E-state index in [1.807, 2.05) is 0 Å². The molecule has 0 aromatic rings. The zero-order valence-corrected chi connectivity index (χ0v) is 7.23. The molecule has 1 heterocycles. The zero-order chi connectivity index (χ0) is 8.10. The van der Waals surface area contributed by atoms with Gasteiger partial charge in [0.05, 0.1) is 0 Å². The molecule has 64 valence electrons. The van der Waals surface area contributed by atoms with Crippen LogP contribution in [0.1, 0.15) is 39.0 Å². The molecule has 11 heavy (non-hydrogen) atoms. The summed E-state index contributed by atoms with van der Waals surface area (Å²) >= 11 is 0. The molecule has 1 aliphatic heterocycles. The maximum atomic E-state index is 11.0. The summed E-state index contributed by atoms with van der Waals surface area (Å²) in [5.74, 6) is 0.435. The molecule has 0 aliphatic carbocycles. The predicted octanol–water partition coefficient (Wildman–Crippen LogP) is 1.50. The van der Waals surface area contributed by atoms with Gasteiger partial charge >= 0.3 is 0 Å². The normalized spacial score (nSPS) is 25.5. The van der Waals surface area contributed by atoms with Gasteiger partial charge in [-0.05, 0) is 6.42 Å². The van der Waals surface area contributed by atoms with Crippen LogP contribution in [-0.2, 0) is 4.79 Å². The molecule has 0 amide bonds. The van der Waals surface area contributed by atoms with E-state index >= 15 is 0 Å². The summed E-state index contributed by atoms with van der Waals surface area (Å²) in [7, 11) is 0. The lowest BCUT2D eigenvalue weighted by Crippen LogP contribution is -2.38. The third-order valence-corrected chi connectivity index (χ3v) is 2.22. The van der Waals surface area contributed by atoms with Gasteiger partial charge in [0.15, 0.2) is 0 Å². The number of Topliss-reactive ketones (excluding diaryl/α,β-unsaturated/α-hetero) is 1. The Balaban J connectivity index is 2.17. The smallest absolute Gasteiger partial charge is 0.135 e. The highest BCUT2D eigenvalue weighted by atomic mass is 16.1. The molecule has 2 nitrogen and oxygen atoms in total. The van der Waals surface area contributed by atoms with E-state index in [1.54, 1.807) is 0 Å². The van der Waals surface area contributed by atoms with Gasteiger partial charge in [0.2, 0.25) is 0 Å². The minimum absolute atomic E-state index is 0.435. The minimum atomic E-state index is 0.435. The number of ketones is 1. The van der Waals surface area contributed by atoms with Gasteiger partial charge in [-0.15, -0.1) is 0 Å². The lowest BCUT2D eigenvalue weighted by atomic mass is 9.99. The molecule has 1 unspecified atom stereocenters. The fourth-order valence-corrected chi connectivity index (χ4v) is 1.52. The monoisotopic (exact) mass is 155 g/mol. The van der Waals surface area contributed by atoms with Crippen LogP contribution in [0.25, 0.3) is 0 Å². The van der Waals surface area contributed by atoms with E-state index in [2.05, 4.69) is 12.2 Å². The Morgan fingerprint density at radius 1 is 1.64 bits per heavy atom.